The Labute approximate surface area is 415 Å². The van der Waals surface area contributed by atoms with E-state index in [4.69, 9.17) is 33.5 Å². The molecule has 380 valence electrons. The quantitative estimate of drug-likeness (QED) is 0.0587. The van der Waals surface area contributed by atoms with Crippen LogP contribution in [0.2, 0.25) is 0 Å². The maximum absolute atomic E-state index is 11.1. The molecule has 3 aliphatic rings. The van der Waals surface area contributed by atoms with E-state index in [-0.39, 0.29) is 49.0 Å². The normalized spacial score (nSPS) is 22.8. The molecule has 9 heteroatoms. The van der Waals surface area contributed by atoms with E-state index in [1.165, 1.54) is 89.9 Å². The number of aliphatic hydroxyl groups excluding tert-OH is 2. The molecule has 0 spiro atoms. The van der Waals surface area contributed by atoms with Gasteiger partial charge < -0.3 is 38.6 Å². The number of Topliss-reactive ketones (excluding diaryl/α,β-unsaturated/α-hetero) is 1. The SMILES string of the molecule is CCCCCCC[C@H]1OC(C)(C)O[C@@H]1CC#CC#CC(=O)CC.CCCCCCC[C@H]1OC(C)(C)O[C@@H]1CC#CC#C[C@@H](O)CC.CCCCCC[C@H]1OC(C)(C)O[C@@H]1CC#CC#C/C=C/CO. The Balaban J connectivity index is 0.000000510. The van der Waals surface area contributed by atoms with Crippen molar-refractivity contribution in [3.63, 3.8) is 0 Å². The van der Waals surface area contributed by atoms with Crippen molar-refractivity contribution in [2.45, 2.75) is 278 Å². The van der Waals surface area contributed by atoms with Crippen molar-refractivity contribution < 1.29 is 43.4 Å². The highest BCUT2D eigenvalue weighted by molar-refractivity contribution is 5.95. The standard InChI is InChI=1S/C20H32O3.C20H30O3.C19H28O3/c2*1-5-7-8-9-12-15-18-19(23-20(3,4)22-18)16-13-10-11-14-17(21)6-2;1-4-5-6-11-14-17-18(22-19(2,3)21-17)15-12-9-7-8-10-13-16-20/h17-19,21H,5-9,12,15-16H2,1-4H3;18-19H,5-9,12,15-16H2,1-4H3;10,13,17-18,20H,4-6,11,14-16H2,1-3H3/b;;13-10+/t17-,18+,19+;18-,19-;17-,18-/m011/s1. The second kappa shape index (κ2) is 37.3. The fraction of sp³-hybridized carbons (Fsp3) is 0.746. The third kappa shape index (κ3) is 30.8. The molecule has 0 aromatic carbocycles. The summed E-state index contributed by atoms with van der Waals surface area (Å²) in [6.45, 7) is 22.1. The zero-order valence-corrected chi connectivity index (χ0v) is 44.2. The maximum Gasteiger partial charge on any atom is 0.206 e. The van der Waals surface area contributed by atoms with Gasteiger partial charge in [0.1, 0.15) is 6.10 Å². The van der Waals surface area contributed by atoms with Gasteiger partial charge in [-0.3, -0.25) is 4.79 Å². The molecule has 2 N–H and O–H groups in total. The zero-order valence-electron chi connectivity index (χ0n) is 44.2. The number of rotatable bonds is 23. The summed E-state index contributed by atoms with van der Waals surface area (Å²) in [5, 5.41) is 17.9. The van der Waals surface area contributed by atoms with Gasteiger partial charge in [0.25, 0.3) is 0 Å². The van der Waals surface area contributed by atoms with Gasteiger partial charge in [0.2, 0.25) is 5.78 Å². The molecule has 0 bridgehead atoms. The van der Waals surface area contributed by atoms with Crippen molar-refractivity contribution in [3.05, 3.63) is 12.2 Å². The number of aliphatic hydroxyl groups is 2. The number of unbranched alkanes of at least 4 members (excludes halogenated alkanes) is 11. The second-order valence-electron chi connectivity index (χ2n) is 19.0. The van der Waals surface area contributed by atoms with E-state index in [1.807, 2.05) is 48.5 Å². The van der Waals surface area contributed by atoms with Gasteiger partial charge in [0.15, 0.2) is 17.4 Å². The predicted octanol–water partition coefficient (Wildman–Crippen LogP) is 11.7. The molecule has 7 atom stereocenters. The molecular formula is C59H90O9. The van der Waals surface area contributed by atoms with Crippen LogP contribution in [0.3, 0.4) is 0 Å². The number of carbonyl (C=O) groups is 1. The first kappa shape index (κ1) is 62.5. The number of ketones is 1. The van der Waals surface area contributed by atoms with Crippen LogP contribution >= 0.6 is 0 Å². The summed E-state index contributed by atoms with van der Waals surface area (Å²) in [5.41, 5.74) is 0. The third-order valence-electron chi connectivity index (χ3n) is 11.3. The highest BCUT2D eigenvalue weighted by atomic mass is 16.8. The van der Waals surface area contributed by atoms with Crippen LogP contribution in [0, 0.1) is 71.0 Å². The lowest BCUT2D eigenvalue weighted by Gasteiger charge is -2.16. The Morgan fingerprint density at radius 3 is 1.26 bits per heavy atom. The van der Waals surface area contributed by atoms with Gasteiger partial charge in [-0.2, -0.15) is 0 Å². The second-order valence-corrected chi connectivity index (χ2v) is 19.0. The van der Waals surface area contributed by atoms with E-state index >= 15 is 0 Å². The zero-order chi connectivity index (χ0) is 50.5. The van der Waals surface area contributed by atoms with Crippen LogP contribution in [0.25, 0.3) is 0 Å². The molecular weight excluding hydrogens is 853 g/mol. The number of ether oxygens (including phenoxy) is 6. The fourth-order valence-corrected chi connectivity index (χ4v) is 7.84. The van der Waals surface area contributed by atoms with Gasteiger partial charge >= 0.3 is 0 Å². The lowest BCUT2D eigenvalue weighted by atomic mass is 10.0. The van der Waals surface area contributed by atoms with E-state index < -0.39 is 23.5 Å². The smallest absolute Gasteiger partial charge is 0.206 e. The van der Waals surface area contributed by atoms with Gasteiger partial charge in [-0.1, -0.05) is 160 Å². The Morgan fingerprint density at radius 1 is 0.515 bits per heavy atom. The summed E-state index contributed by atoms with van der Waals surface area (Å²) >= 11 is 0. The molecule has 0 aliphatic carbocycles. The molecule has 0 radical (unpaired) electrons. The Kier molecular flexibility index (Phi) is 34.3. The maximum atomic E-state index is 11.1. The molecule has 68 heavy (non-hydrogen) atoms. The predicted molar refractivity (Wildman–Crippen MR) is 275 cm³/mol. The van der Waals surface area contributed by atoms with Gasteiger partial charge in [-0.25, -0.2) is 0 Å². The Bertz CT molecular complexity index is 1810. The van der Waals surface area contributed by atoms with Crippen molar-refractivity contribution in [1.29, 1.82) is 0 Å². The van der Waals surface area contributed by atoms with Crippen LogP contribution in [0.5, 0.6) is 0 Å². The van der Waals surface area contributed by atoms with Crippen LogP contribution < -0.4 is 0 Å². The van der Waals surface area contributed by atoms with E-state index in [2.05, 4.69) is 91.8 Å². The molecule has 0 unspecified atom stereocenters. The average Bonchev–Trinajstić information content (AvgIpc) is 3.89. The molecule has 3 fully saturated rings. The van der Waals surface area contributed by atoms with Gasteiger partial charge in [0.05, 0.1) is 43.2 Å². The van der Waals surface area contributed by atoms with E-state index in [0.29, 0.717) is 32.1 Å². The van der Waals surface area contributed by atoms with Gasteiger partial charge in [0, 0.05) is 25.7 Å². The van der Waals surface area contributed by atoms with Crippen LogP contribution in [-0.2, 0) is 33.2 Å². The summed E-state index contributed by atoms with van der Waals surface area (Å²) < 4.78 is 35.9. The highest BCUT2D eigenvalue weighted by Gasteiger charge is 2.42. The molecule has 0 saturated carbocycles. The van der Waals surface area contributed by atoms with Crippen LogP contribution in [0.15, 0.2) is 12.2 Å². The highest BCUT2D eigenvalue weighted by Crippen LogP contribution is 2.34. The van der Waals surface area contributed by atoms with Crippen LogP contribution in [0.1, 0.15) is 217 Å². The van der Waals surface area contributed by atoms with Gasteiger partial charge in [-0.15, -0.1) is 0 Å². The van der Waals surface area contributed by atoms with Crippen molar-refractivity contribution in [2.24, 2.45) is 0 Å². The Hall–Kier alpha value is -3.55. The monoisotopic (exact) mass is 943 g/mol. The van der Waals surface area contributed by atoms with E-state index in [1.54, 1.807) is 19.1 Å². The molecule has 3 aliphatic heterocycles. The average molecular weight is 943 g/mol. The summed E-state index contributed by atoms with van der Waals surface area (Å²) in [6.07, 6.45) is 26.5. The molecule has 0 amide bonds. The van der Waals surface area contributed by atoms with Crippen molar-refractivity contribution in [3.8, 4) is 71.0 Å². The molecule has 0 aromatic rings. The first-order valence-corrected chi connectivity index (χ1v) is 26.0. The minimum absolute atomic E-state index is 0.00412. The molecule has 3 rings (SSSR count). The van der Waals surface area contributed by atoms with E-state index in [0.717, 1.165) is 19.3 Å². The number of allylic oxidation sites excluding steroid dienone is 1. The fourth-order valence-electron chi connectivity index (χ4n) is 7.84. The van der Waals surface area contributed by atoms with Crippen molar-refractivity contribution in [2.75, 3.05) is 6.61 Å². The van der Waals surface area contributed by atoms with Crippen molar-refractivity contribution in [1.82, 2.24) is 0 Å². The largest absolute Gasteiger partial charge is 0.392 e. The lowest BCUT2D eigenvalue weighted by Crippen LogP contribution is -2.21. The molecule has 9 nitrogen and oxygen atoms in total. The lowest BCUT2D eigenvalue weighted by molar-refractivity contribution is -0.146. The van der Waals surface area contributed by atoms with Crippen LogP contribution in [-0.4, -0.2) is 82.7 Å². The minimum atomic E-state index is -0.579. The van der Waals surface area contributed by atoms with Crippen molar-refractivity contribution >= 4 is 5.78 Å². The third-order valence-corrected chi connectivity index (χ3v) is 11.3. The summed E-state index contributed by atoms with van der Waals surface area (Å²) in [7, 11) is 0. The molecule has 3 saturated heterocycles. The van der Waals surface area contributed by atoms with E-state index in [9.17, 15) is 9.90 Å². The summed E-state index contributed by atoms with van der Waals surface area (Å²) in [6, 6.07) is 0. The van der Waals surface area contributed by atoms with Gasteiger partial charge in [-0.05, 0) is 115 Å². The summed E-state index contributed by atoms with van der Waals surface area (Å²) in [5.74, 6) is 31.8. The first-order chi connectivity index (χ1) is 32.6. The van der Waals surface area contributed by atoms with Crippen LogP contribution in [0.4, 0.5) is 0 Å². The topological polar surface area (TPSA) is 113 Å². The number of carbonyl (C=O) groups excluding carboxylic acids is 1. The first-order valence-electron chi connectivity index (χ1n) is 26.0. The number of hydrogen-bond donors (Lipinski definition) is 2. The minimum Gasteiger partial charge on any atom is -0.392 e. The summed E-state index contributed by atoms with van der Waals surface area (Å²) in [4.78, 5) is 11.1. The number of hydrogen-bond acceptors (Lipinski definition) is 9. The Morgan fingerprint density at radius 2 is 0.882 bits per heavy atom. The molecule has 0 aromatic heterocycles. The molecule has 3 heterocycles.